The topological polar surface area (TPSA) is 150 Å². The number of hydrogen-bond acceptors (Lipinski definition) is 6. The lowest BCUT2D eigenvalue weighted by Crippen LogP contribution is -2.59. The summed E-state index contributed by atoms with van der Waals surface area (Å²) in [5.74, 6) is 1.67. The van der Waals surface area contributed by atoms with Crippen LogP contribution in [0, 0.1) is 46.3 Å². The number of sulfonamides is 1. The predicted octanol–water partition coefficient (Wildman–Crippen LogP) is 2.95. The molecule has 0 aromatic rings. The van der Waals surface area contributed by atoms with Gasteiger partial charge < -0.3 is 10.4 Å². The van der Waals surface area contributed by atoms with Crippen molar-refractivity contribution < 1.29 is 31.3 Å². The van der Waals surface area contributed by atoms with Gasteiger partial charge in [0.1, 0.15) is 0 Å². The largest absolute Gasteiger partial charge is 0.393 e. The molecule has 4 fully saturated rings. The van der Waals surface area contributed by atoms with E-state index in [1.54, 1.807) is 0 Å². The summed E-state index contributed by atoms with van der Waals surface area (Å²) in [7, 11) is -7.33. The van der Waals surface area contributed by atoms with Gasteiger partial charge in [0.25, 0.3) is 10.1 Å². The minimum absolute atomic E-state index is 0.0392. The SMILES string of the molecule is C[C@H](CCC(=O)NCCS(=O)(=O)O)[C@H]1CC[C@H]2[C@@H]3[C@@H](O)CC4C[C@H](NS(C)(=O)=O)CC[C@]4(C)[C@H]3CC[C@]12C. The molecule has 0 heterocycles. The van der Waals surface area contributed by atoms with Crippen LogP contribution in [0.4, 0.5) is 0 Å². The molecule has 4 N–H and O–H groups in total. The molecular formula is C27H48N2O7S2. The van der Waals surface area contributed by atoms with E-state index in [1.807, 2.05) is 0 Å². The average molecular weight is 577 g/mol. The molecule has 0 aromatic carbocycles. The van der Waals surface area contributed by atoms with E-state index >= 15 is 0 Å². The molecule has 9 nitrogen and oxygen atoms in total. The van der Waals surface area contributed by atoms with Crippen molar-refractivity contribution in [3.63, 3.8) is 0 Å². The highest BCUT2D eigenvalue weighted by atomic mass is 32.2. The molecule has 220 valence electrons. The van der Waals surface area contributed by atoms with Gasteiger partial charge in [0.15, 0.2) is 0 Å². The van der Waals surface area contributed by atoms with E-state index in [0.717, 1.165) is 57.8 Å². The van der Waals surface area contributed by atoms with Crippen molar-refractivity contribution in [2.75, 3.05) is 18.6 Å². The van der Waals surface area contributed by atoms with Crippen molar-refractivity contribution in [3.05, 3.63) is 0 Å². The van der Waals surface area contributed by atoms with E-state index < -0.39 is 25.9 Å². The summed E-state index contributed by atoms with van der Waals surface area (Å²) >= 11 is 0. The summed E-state index contributed by atoms with van der Waals surface area (Å²) in [4.78, 5) is 12.3. The van der Waals surface area contributed by atoms with Crippen molar-refractivity contribution in [3.8, 4) is 0 Å². The number of carbonyl (C=O) groups is 1. The first kappa shape index (κ1) is 30.2. The van der Waals surface area contributed by atoms with E-state index in [4.69, 9.17) is 4.55 Å². The van der Waals surface area contributed by atoms with Gasteiger partial charge in [0.05, 0.1) is 18.1 Å². The second-order valence-electron chi connectivity index (χ2n) is 13.5. The highest BCUT2D eigenvalue weighted by Gasteiger charge is 2.62. The molecule has 1 unspecified atom stereocenters. The molecule has 1 amide bonds. The third-order valence-corrected chi connectivity index (χ3v) is 12.8. The molecule has 0 bridgehead atoms. The van der Waals surface area contributed by atoms with Gasteiger partial charge in [-0.3, -0.25) is 9.35 Å². The predicted molar refractivity (Wildman–Crippen MR) is 146 cm³/mol. The number of amides is 1. The second kappa shape index (κ2) is 10.9. The number of aliphatic hydroxyl groups excluding tert-OH is 1. The van der Waals surface area contributed by atoms with Crippen LogP contribution < -0.4 is 10.0 Å². The average Bonchev–Trinajstić information content (AvgIpc) is 3.14. The lowest BCUT2D eigenvalue weighted by atomic mass is 9.43. The van der Waals surface area contributed by atoms with Crippen LogP contribution in [0.2, 0.25) is 0 Å². The van der Waals surface area contributed by atoms with Gasteiger partial charge in [-0.15, -0.1) is 0 Å². The zero-order valence-electron chi connectivity index (χ0n) is 23.4. The Morgan fingerprint density at radius 2 is 1.66 bits per heavy atom. The summed E-state index contributed by atoms with van der Waals surface area (Å²) < 4.78 is 57.1. The number of fused-ring (bicyclic) bond motifs is 5. The van der Waals surface area contributed by atoms with Gasteiger partial charge in [0, 0.05) is 19.0 Å². The fraction of sp³-hybridized carbons (Fsp3) is 0.963. The minimum Gasteiger partial charge on any atom is -0.393 e. The summed E-state index contributed by atoms with van der Waals surface area (Å²) in [6, 6.07) is -0.0392. The van der Waals surface area contributed by atoms with Crippen LogP contribution in [0.3, 0.4) is 0 Å². The van der Waals surface area contributed by atoms with Gasteiger partial charge in [-0.1, -0.05) is 20.8 Å². The van der Waals surface area contributed by atoms with E-state index in [-0.39, 0.29) is 41.3 Å². The Morgan fingerprint density at radius 1 is 1.00 bits per heavy atom. The highest BCUT2D eigenvalue weighted by Crippen LogP contribution is 2.68. The minimum atomic E-state index is -4.08. The van der Waals surface area contributed by atoms with Crippen molar-refractivity contribution >= 4 is 26.0 Å². The van der Waals surface area contributed by atoms with Crippen LogP contribution in [0.5, 0.6) is 0 Å². The third-order valence-electron chi connectivity index (χ3n) is 11.3. The Kier molecular flexibility index (Phi) is 8.68. The monoisotopic (exact) mass is 576 g/mol. The third kappa shape index (κ3) is 6.26. The quantitative estimate of drug-likeness (QED) is 0.308. The van der Waals surface area contributed by atoms with Crippen LogP contribution >= 0.6 is 0 Å². The van der Waals surface area contributed by atoms with Gasteiger partial charge in [-0.2, -0.15) is 8.42 Å². The Balaban J connectivity index is 1.39. The molecule has 4 aliphatic carbocycles. The van der Waals surface area contributed by atoms with E-state index in [1.165, 1.54) is 6.26 Å². The lowest BCUT2D eigenvalue weighted by molar-refractivity contribution is -0.166. The normalized spacial score (nSPS) is 42.0. The maximum absolute atomic E-state index is 12.3. The van der Waals surface area contributed by atoms with Gasteiger partial charge in [0.2, 0.25) is 15.9 Å². The van der Waals surface area contributed by atoms with Gasteiger partial charge in [-0.25, -0.2) is 13.1 Å². The summed E-state index contributed by atoms with van der Waals surface area (Å²) in [6.07, 6.45) is 9.74. The van der Waals surface area contributed by atoms with E-state index in [2.05, 4.69) is 30.8 Å². The molecule has 38 heavy (non-hydrogen) atoms. The number of hydrogen-bond donors (Lipinski definition) is 4. The summed E-state index contributed by atoms with van der Waals surface area (Å²) in [6.45, 7) is 6.94. The maximum atomic E-state index is 12.3. The molecule has 0 saturated heterocycles. The standard InChI is InChI=1S/C27H48N2O7S2/c1-17(5-8-24(31)28-13-14-38(34,35)36)20-6-7-21-25-22(10-12-27(20,21)3)26(2)11-9-19(29-37(4,32)33)15-18(26)16-23(25)30/h17-23,25,29-30H,5-16H2,1-4H3,(H,28,31)(H,34,35,36)/t17-,18?,19-,20-,21+,22+,23+,25+,26+,27-/m1/s1. The Labute approximate surface area is 229 Å². The number of rotatable bonds is 9. The molecule has 11 heteroatoms. The van der Waals surface area contributed by atoms with E-state index in [0.29, 0.717) is 36.0 Å². The van der Waals surface area contributed by atoms with Crippen LogP contribution in [-0.4, -0.2) is 63.1 Å². The Bertz CT molecular complexity index is 1100. The molecule has 4 saturated carbocycles. The zero-order chi connectivity index (χ0) is 28.1. The fourth-order valence-corrected chi connectivity index (χ4v) is 10.8. The highest BCUT2D eigenvalue weighted by molar-refractivity contribution is 7.88. The van der Waals surface area contributed by atoms with Crippen LogP contribution in [-0.2, 0) is 24.9 Å². The summed E-state index contributed by atoms with van der Waals surface area (Å²) in [5, 5.41) is 14.1. The maximum Gasteiger partial charge on any atom is 0.266 e. The molecule has 4 rings (SSSR count). The molecule has 0 radical (unpaired) electrons. The molecule has 0 aromatic heterocycles. The first-order valence-corrected chi connectivity index (χ1v) is 17.9. The van der Waals surface area contributed by atoms with Crippen LogP contribution in [0.15, 0.2) is 0 Å². The Hall–Kier alpha value is -0.750. The van der Waals surface area contributed by atoms with Crippen molar-refractivity contribution in [1.82, 2.24) is 10.0 Å². The second-order valence-corrected chi connectivity index (χ2v) is 16.9. The first-order chi connectivity index (χ1) is 17.5. The van der Waals surface area contributed by atoms with Crippen LogP contribution in [0.1, 0.15) is 85.0 Å². The molecule has 0 spiro atoms. The number of carbonyl (C=O) groups excluding carboxylic acids is 1. The fourth-order valence-electron chi connectivity index (χ4n) is 9.58. The smallest absolute Gasteiger partial charge is 0.266 e. The van der Waals surface area contributed by atoms with Gasteiger partial charge in [-0.05, 0) is 104 Å². The van der Waals surface area contributed by atoms with E-state index in [9.17, 15) is 26.7 Å². The van der Waals surface area contributed by atoms with Crippen molar-refractivity contribution in [2.24, 2.45) is 46.3 Å². The molecule has 0 aliphatic heterocycles. The van der Waals surface area contributed by atoms with Gasteiger partial charge >= 0.3 is 0 Å². The number of aliphatic hydroxyl groups is 1. The molecule has 4 aliphatic rings. The first-order valence-electron chi connectivity index (χ1n) is 14.4. The lowest BCUT2D eigenvalue weighted by Gasteiger charge is -2.62. The Morgan fingerprint density at radius 3 is 2.32 bits per heavy atom. The molecule has 10 atom stereocenters. The zero-order valence-corrected chi connectivity index (χ0v) is 25.0. The van der Waals surface area contributed by atoms with Crippen molar-refractivity contribution in [1.29, 1.82) is 0 Å². The van der Waals surface area contributed by atoms with Crippen LogP contribution in [0.25, 0.3) is 0 Å². The van der Waals surface area contributed by atoms with Crippen molar-refractivity contribution in [2.45, 2.75) is 97.1 Å². The number of nitrogens with one attached hydrogen (secondary N) is 2. The summed E-state index contributed by atoms with van der Waals surface area (Å²) in [5.41, 5.74) is 0.256. The molecular weight excluding hydrogens is 528 g/mol.